The monoisotopic (exact) mass is 251 g/mol. The van der Waals surface area contributed by atoms with Gasteiger partial charge in [-0.1, -0.05) is 11.6 Å². The van der Waals surface area contributed by atoms with E-state index in [1.165, 1.54) is 0 Å². The van der Waals surface area contributed by atoms with Crippen molar-refractivity contribution in [2.24, 2.45) is 0 Å². The van der Waals surface area contributed by atoms with Gasteiger partial charge in [0.25, 0.3) is 0 Å². The highest BCUT2D eigenvalue weighted by atomic mass is 35.5. The minimum atomic E-state index is -0.116. The van der Waals surface area contributed by atoms with Crippen molar-refractivity contribution in [3.8, 4) is 0 Å². The molecule has 1 saturated heterocycles. The van der Waals surface area contributed by atoms with Gasteiger partial charge in [0.15, 0.2) is 0 Å². The molecule has 1 amide bonds. The number of nitrogens with one attached hydrogen (secondary N) is 2. The van der Waals surface area contributed by atoms with Crippen molar-refractivity contribution in [3.05, 3.63) is 22.7 Å². The molecule has 0 saturated carbocycles. The van der Waals surface area contributed by atoms with Gasteiger partial charge in [-0.05, 0) is 24.6 Å². The van der Waals surface area contributed by atoms with Crippen LogP contribution in [0.5, 0.6) is 0 Å². The zero-order chi connectivity index (χ0) is 12.0. The number of hydrogen-bond acceptors (Lipinski definition) is 3. The first kappa shape index (κ1) is 10.9. The molecule has 1 atom stereocenters. The second-order valence-corrected chi connectivity index (χ2v) is 4.93. The first-order chi connectivity index (χ1) is 8.16. The molecule has 1 fully saturated rings. The maximum absolute atomic E-state index is 12.0. The molecule has 3 rings (SSSR count). The Morgan fingerprint density at radius 1 is 1.47 bits per heavy atom. The number of piperazine rings is 1. The summed E-state index contributed by atoms with van der Waals surface area (Å²) in [6.45, 7) is 4.37. The lowest BCUT2D eigenvalue weighted by atomic mass is 10.0. The molecule has 1 aromatic rings. The average molecular weight is 252 g/mol. The van der Waals surface area contributed by atoms with E-state index < -0.39 is 0 Å². The van der Waals surface area contributed by atoms with Crippen LogP contribution in [0.15, 0.2) is 12.1 Å². The Kier molecular flexibility index (Phi) is 2.49. The van der Waals surface area contributed by atoms with E-state index in [-0.39, 0.29) is 11.9 Å². The molecule has 0 aliphatic carbocycles. The largest absolute Gasteiger partial charge is 0.355 e. The summed E-state index contributed by atoms with van der Waals surface area (Å²) in [6.07, 6.45) is 0. The second kappa shape index (κ2) is 3.89. The number of benzene rings is 1. The van der Waals surface area contributed by atoms with Gasteiger partial charge in [0.2, 0.25) is 5.91 Å². The van der Waals surface area contributed by atoms with Crippen molar-refractivity contribution < 1.29 is 4.79 Å². The number of carbonyl (C=O) groups excluding carboxylic acids is 1. The van der Waals surface area contributed by atoms with Crippen LogP contribution in [0.1, 0.15) is 5.56 Å². The summed E-state index contributed by atoms with van der Waals surface area (Å²) in [5.41, 5.74) is 2.89. The van der Waals surface area contributed by atoms with Crippen LogP contribution < -0.4 is 15.5 Å². The van der Waals surface area contributed by atoms with Gasteiger partial charge in [0, 0.05) is 24.7 Å². The molecular weight excluding hydrogens is 238 g/mol. The predicted molar refractivity (Wildman–Crippen MR) is 68.8 cm³/mol. The van der Waals surface area contributed by atoms with Crippen molar-refractivity contribution in [2.45, 2.75) is 13.0 Å². The lowest BCUT2D eigenvalue weighted by Gasteiger charge is -2.41. The van der Waals surface area contributed by atoms with Crippen molar-refractivity contribution in [1.29, 1.82) is 0 Å². The fraction of sp³-hybridized carbons (Fsp3) is 0.417. The molecule has 90 valence electrons. The van der Waals surface area contributed by atoms with Crippen LogP contribution in [0, 0.1) is 6.92 Å². The van der Waals surface area contributed by atoms with Crippen molar-refractivity contribution in [3.63, 3.8) is 0 Å². The third kappa shape index (κ3) is 1.68. The van der Waals surface area contributed by atoms with Crippen LogP contribution in [-0.4, -0.2) is 31.6 Å². The van der Waals surface area contributed by atoms with Gasteiger partial charge in [-0.15, -0.1) is 0 Å². The third-order valence-corrected chi connectivity index (χ3v) is 3.80. The number of nitrogens with zero attached hydrogens (tertiary/aromatic N) is 1. The Hall–Kier alpha value is -1.26. The fourth-order valence-electron chi connectivity index (χ4n) is 2.45. The molecule has 2 N–H and O–H groups in total. The molecule has 0 bridgehead atoms. The molecule has 2 aliphatic heterocycles. The average Bonchev–Trinajstić information content (AvgIpc) is 2.32. The highest BCUT2D eigenvalue weighted by Crippen LogP contribution is 2.36. The van der Waals surface area contributed by atoms with Gasteiger partial charge >= 0.3 is 0 Å². The summed E-state index contributed by atoms with van der Waals surface area (Å²) < 4.78 is 0. The highest BCUT2D eigenvalue weighted by molar-refractivity contribution is 6.32. The number of amides is 1. The van der Waals surface area contributed by atoms with E-state index in [1.54, 1.807) is 0 Å². The van der Waals surface area contributed by atoms with Crippen molar-refractivity contribution in [1.82, 2.24) is 5.32 Å². The molecule has 4 nitrogen and oxygen atoms in total. The molecule has 1 aromatic carbocycles. The number of rotatable bonds is 0. The zero-order valence-electron chi connectivity index (χ0n) is 9.59. The Labute approximate surface area is 105 Å². The van der Waals surface area contributed by atoms with E-state index in [0.29, 0.717) is 6.54 Å². The Bertz CT molecular complexity index is 489. The van der Waals surface area contributed by atoms with E-state index in [1.807, 2.05) is 19.1 Å². The van der Waals surface area contributed by atoms with Crippen molar-refractivity contribution >= 4 is 28.9 Å². The molecule has 2 aliphatic rings. The molecule has 2 heterocycles. The van der Waals surface area contributed by atoms with Crippen LogP contribution in [0.3, 0.4) is 0 Å². The minimum absolute atomic E-state index is 0.0615. The van der Waals surface area contributed by atoms with Crippen molar-refractivity contribution in [2.75, 3.05) is 29.9 Å². The van der Waals surface area contributed by atoms with Gasteiger partial charge in [-0.3, -0.25) is 4.79 Å². The quantitative estimate of drug-likeness (QED) is 0.732. The van der Waals surface area contributed by atoms with E-state index >= 15 is 0 Å². The predicted octanol–water partition coefficient (Wildman–Crippen LogP) is 1.38. The summed E-state index contributed by atoms with van der Waals surface area (Å²) in [5, 5.41) is 6.93. The number of hydrogen-bond donors (Lipinski definition) is 2. The van der Waals surface area contributed by atoms with Crippen LogP contribution >= 0.6 is 11.6 Å². The number of fused-ring (bicyclic) bond motifs is 3. The van der Waals surface area contributed by atoms with Gasteiger partial charge < -0.3 is 15.5 Å². The molecule has 0 aromatic heterocycles. The number of halogens is 1. The summed E-state index contributed by atoms with van der Waals surface area (Å²) in [7, 11) is 0. The maximum Gasteiger partial charge on any atom is 0.248 e. The molecule has 17 heavy (non-hydrogen) atoms. The molecular formula is C12H14ClN3O. The van der Waals surface area contributed by atoms with E-state index in [0.717, 1.165) is 35.1 Å². The number of carbonyl (C=O) groups is 1. The van der Waals surface area contributed by atoms with Crippen LogP contribution in [0.2, 0.25) is 5.02 Å². The Balaban J connectivity index is 2.10. The molecule has 5 heteroatoms. The molecule has 0 spiro atoms. The fourth-order valence-corrected chi connectivity index (χ4v) is 2.61. The summed E-state index contributed by atoms with van der Waals surface area (Å²) in [5.74, 6) is 0.0615. The zero-order valence-corrected chi connectivity index (χ0v) is 10.3. The first-order valence-corrected chi connectivity index (χ1v) is 6.13. The molecule has 0 radical (unpaired) electrons. The normalized spacial score (nSPS) is 22.8. The van der Waals surface area contributed by atoms with E-state index in [2.05, 4.69) is 15.5 Å². The lowest BCUT2D eigenvalue weighted by molar-refractivity contribution is -0.117. The SMILES string of the molecule is Cc1cc2c(cc1Cl)N1CCNCC1C(=O)N2. The lowest BCUT2D eigenvalue weighted by Crippen LogP contribution is -2.58. The minimum Gasteiger partial charge on any atom is -0.355 e. The number of aryl methyl sites for hydroxylation is 1. The van der Waals surface area contributed by atoms with Crippen LogP contribution in [-0.2, 0) is 4.79 Å². The van der Waals surface area contributed by atoms with Crippen LogP contribution in [0.4, 0.5) is 11.4 Å². The van der Waals surface area contributed by atoms with E-state index in [9.17, 15) is 4.79 Å². The Morgan fingerprint density at radius 2 is 2.29 bits per heavy atom. The summed E-state index contributed by atoms with van der Waals surface area (Å²) in [6, 6.07) is 3.77. The molecule has 1 unspecified atom stereocenters. The second-order valence-electron chi connectivity index (χ2n) is 4.52. The van der Waals surface area contributed by atoms with Crippen LogP contribution in [0.25, 0.3) is 0 Å². The summed E-state index contributed by atoms with van der Waals surface area (Å²) >= 11 is 6.16. The van der Waals surface area contributed by atoms with Gasteiger partial charge in [0.1, 0.15) is 6.04 Å². The first-order valence-electron chi connectivity index (χ1n) is 5.75. The Morgan fingerprint density at radius 3 is 3.12 bits per heavy atom. The van der Waals surface area contributed by atoms with E-state index in [4.69, 9.17) is 11.6 Å². The van der Waals surface area contributed by atoms with Gasteiger partial charge in [0.05, 0.1) is 11.4 Å². The summed E-state index contributed by atoms with van der Waals surface area (Å²) in [4.78, 5) is 14.1. The standard InChI is InChI=1S/C12H14ClN3O/c1-7-4-9-10(5-8(7)13)16-3-2-14-6-11(16)12(17)15-9/h4-5,11,14H,2-3,6H2,1H3,(H,15,17). The van der Waals surface area contributed by atoms with Gasteiger partial charge in [-0.25, -0.2) is 0 Å². The maximum atomic E-state index is 12.0. The number of anilines is 2. The van der Waals surface area contributed by atoms with Gasteiger partial charge in [-0.2, -0.15) is 0 Å². The topological polar surface area (TPSA) is 44.4 Å². The smallest absolute Gasteiger partial charge is 0.248 e. The highest BCUT2D eigenvalue weighted by Gasteiger charge is 2.34. The third-order valence-electron chi connectivity index (χ3n) is 3.39.